The van der Waals surface area contributed by atoms with E-state index in [-0.39, 0.29) is 5.56 Å². The molecule has 2 rings (SSSR count). The van der Waals surface area contributed by atoms with Gasteiger partial charge in [0.2, 0.25) is 0 Å². The summed E-state index contributed by atoms with van der Waals surface area (Å²) in [5.74, 6) is -1.04. The van der Waals surface area contributed by atoms with Gasteiger partial charge in [0.15, 0.2) is 0 Å². The van der Waals surface area contributed by atoms with Crippen LogP contribution in [0.4, 0.5) is 5.69 Å². The number of halogens is 1. The van der Waals surface area contributed by atoms with Gasteiger partial charge in [-0.05, 0) is 24.3 Å². The number of benzene rings is 2. The number of carboxylic acids is 1. The van der Waals surface area contributed by atoms with Crippen molar-refractivity contribution in [3.63, 3.8) is 0 Å². The van der Waals surface area contributed by atoms with Gasteiger partial charge in [-0.3, -0.25) is 0 Å². The van der Waals surface area contributed by atoms with Crippen molar-refractivity contribution in [1.82, 2.24) is 0 Å². The predicted molar refractivity (Wildman–Crippen MR) is 82.2 cm³/mol. The molecule has 0 heterocycles. The quantitative estimate of drug-likeness (QED) is 0.895. The van der Waals surface area contributed by atoms with Crippen molar-refractivity contribution in [3.05, 3.63) is 70.8 Å². The van der Waals surface area contributed by atoms with Gasteiger partial charge in [0, 0.05) is 16.3 Å². The third-order valence-electron chi connectivity index (χ3n) is 2.87. The van der Waals surface area contributed by atoms with Crippen LogP contribution in [0.15, 0.2) is 49.0 Å². The summed E-state index contributed by atoms with van der Waals surface area (Å²) in [5, 5.41) is 21.7. The van der Waals surface area contributed by atoms with E-state index in [0.717, 1.165) is 0 Å². The molecule has 0 aliphatic carbocycles. The number of nitrogens with one attached hydrogen (secondary N) is 1. The SMILES string of the molecule is C=C(Nc1ccc(Cl)cc1C#N)c1ccccc1C(=O)O. The number of rotatable bonds is 4. The lowest BCUT2D eigenvalue weighted by atomic mass is 10.0. The molecule has 2 aromatic carbocycles. The zero-order chi connectivity index (χ0) is 15.4. The van der Waals surface area contributed by atoms with E-state index in [0.29, 0.717) is 27.5 Å². The number of nitrogens with zero attached hydrogens (tertiary/aromatic N) is 1. The van der Waals surface area contributed by atoms with Gasteiger partial charge in [-0.15, -0.1) is 0 Å². The molecule has 2 aromatic rings. The van der Waals surface area contributed by atoms with Crippen LogP contribution in [-0.2, 0) is 0 Å². The summed E-state index contributed by atoms with van der Waals surface area (Å²) in [5.41, 5.74) is 1.88. The van der Waals surface area contributed by atoms with Crippen LogP contribution in [0.2, 0.25) is 5.02 Å². The first-order valence-electron chi connectivity index (χ1n) is 6.01. The maximum Gasteiger partial charge on any atom is 0.336 e. The van der Waals surface area contributed by atoms with Crippen LogP contribution in [0.25, 0.3) is 5.70 Å². The Labute approximate surface area is 126 Å². The second-order valence-electron chi connectivity index (χ2n) is 4.26. The molecule has 5 heteroatoms. The van der Waals surface area contributed by atoms with Crippen molar-refractivity contribution in [2.24, 2.45) is 0 Å². The molecule has 0 aromatic heterocycles. The van der Waals surface area contributed by atoms with Crippen molar-refractivity contribution < 1.29 is 9.90 Å². The third kappa shape index (κ3) is 3.22. The van der Waals surface area contributed by atoms with Gasteiger partial charge in [-0.25, -0.2) is 4.79 Å². The standard InChI is InChI=1S/C16H11ClN2O2/c1-10(13-4-2-3-5-14(13)16(20)21)19-15-7-6-12(17)8-11(15)9-18/h2-8,19H,1H2,(H,20,21). The minimum absolute atomic E-state index is 0.141. The molecule has 0 spiro atoms. The number of carbonyl (C=O) groups is 1. The first-order valence-corrected chi connectivity index (χ1v) is 6.39. The van der Waals surface area contributed by atoms with Gasteiger partial charge in [0.1, 0.15) is 6.07 Å². The summed E-state index contributed by atoms with van der Waals surface area (Å²) in [6.07, 6.45) is 0. The summed E-state index contributed by atoms with van der Waals surface area (Å²) >= 11 is 5.84. The summed E-state index contributed by atoms with van der Waals surface area (Å²) in [4.78, 5) is 11.2. The average Bonchev–Trinajstić information content (AvgIpc) is 2.48. The van der Waals surface area contributed by atoms with Gasteiger partial charge in [0.05, 0.1) is 16.8 Å². The molecule has 0 amide bonds. The molecule has 0 radical (unpaired) electrons. The molecule has 2 N–H and O–H groups in total. The first-order chi connectivity index (χ1) is 10.0. The first kappa shape index (κ1) is 14.6. The third-order valence-corrected chi connectivity index (χ3v) is 3.11. The van der Waals surface area contributed by atoms with Crippen molar-refractivity contribution in [2.45, 2.75) is 0 Å². The minimum atomic E-state index is -1.04. The van der Waals surface area contributed by atoms with E-state index in [2.05, 4.69) is 11.9 Å². The largest absolute Gasteiger partial charge is 0.478 e. The van der Waals surface area contributed by atoms with Crippen LogP contribution in [-0.4, -0.2) is 11.1 Å². The van der Waals surface area contributed by atoms with E-state index in [1.165, 1.54) is 12.1 Å². The van der Waals surface area contributed by atoms with Crippen molar-refractivity contribution in [2.75, 3.05) is 5.32 Å². The average molecular weight is 299 g/mol. The summed E-state index contributed by atoms with van der Waals surface area (Å²) < 4.78 is 0. The summed E-state index contributed by atoms with van der Waals surface area (Å²) in [7, 11) is 0. The van der Waals surface area contributed by atoms with Crippen LogP contribution in [0.3, 0.4) is 0 Å². The Hall–Kier alpha value is -2.77. The Bertz CT molecular complexity index is 763. The van der Waals surface area contributed by atoms with Crippen molar-refractivity contribution in [1.29, 1.82) is 5.26 Å². The highest BCUT2D eigenvalue weighted by atomic mass is 35.5. The van der Waals surface area contributed by atoms with Gasteiger partial charge >= 0.3 is 5.97 Å². The zero-order valence-electron chi connectivity index (χ0n) is 10.9. The molecule has 0 aliphatic heterocycles. The predicted octanol–water partition coefficient (Wildman–Crippen LogP) is 3.99. The summed E-state index contributed by atoms with van der Waals surface area (Å²) in [6, 6.07) is 13.4. The highest BCUT2D eigenvalue weighted by molar-refractivity contribution is 6.30. The molecule has 0 fully saturated rings. The molecule has 0 bridgehead atoms. The molecule has 21 heavy (non-hydrogen) atoms. The Morgan fingerprint density at radius 2 is 1.90 bits per heavy atom. The molecule has 0 saturated heterocycles. The van der Waals surface area contributed by atoms with Gasteiger partial charge in [-0.2, -0.15) is 5.26 Å². The molecule has 0 saturated carbocycles. The lowest BCUT2D eigenvalue weighted by Crippen LogP contribution is -2.06. The van der Waals surface area contributed by atoms with E-state index in [9.17, 15) is 9.90 Å². The van der Waals surface area contributed by atoms with Gasteiger partial charge < -0.3 is 10.4 Å². The number of nitriles is 1. The molecular weight excluding hydrogens is 288 g/mol. The topological polar surface area (TPSA) is 73.1 Å². The molecule has 4 nitrogen and oxygen atoms in total. The van der Waals surface area contributed by atoms with Crippen LogP contribution < -0.4 is 5.32 Å². The fourth-order valence-electron chi connectivity index (χ4n) is 1.88. The van der Waals surface area contributed by atoms with E-state index in [1.54, 1.807) is 30.3 Å². The van der Waals surface area contributed by atoms with Gasteiger partial charge in [-0.1, -0.05) is 36.4 Å². The summed E-state index contributed by atoms with van der Waals surface area (Å²) in [6.45, 7) is 3.84. The number of hydrogen-bond acceptors (Lipinski definition) is 3. The fraction of sp³-hybridized carbons (Fsp3) is 0. The molecule has 0 aliphatic rings. The van der Waals surface area contributed by atoms with Crippen LogP contribution in [0.1, 0.15) is 21.5 Å². The van der Waals surface area contributed by atoms with E-state index in [4.69, 9.17) is 16.9 Å². The highest BCUT2D eigenvalue weighted by Crippen LogP contribution is 2.25. The number of hydrogen-bond donors (Lipinski definition) is 2. The van der Waals surface area contributed by atoms with E-state index >= 15 is 0 Å². The fourth-order valence-corrected chi connectivity index (χ4v) is 2.05. The van der Waals surface area contributed by atoms with Crippen LogP contribution in [0, 0.1) is 11.3 Å². The van der Waals surface area contributed by atoms with Crippen LogP contribution >= 0.6 is 11.6 Å². The number of anilines is 1. The van der Waals surface area contributed by atoms with Gasteiger partial charge in [0.25, 0.3) is 0 Å². The number of aromatic carboxylic acids is 1. The van der Waals surface area contributed by atoms with Crippen LogP contribution in [0.5, 0.6) is 0 Å². The molecule has 0 unspecified atom stereocenters. The Morgan fingerprint density at radius 3 is 2.52 bits per heavy atom. The second kappa shape index (κ2) is 6.12. The normalized spacial score (nSPS) is 9.71. The minimum Gasteiger partial charge on any atom is -0.478 e. The maximum atomic E-state index is 11.2. The molecular formula is C16H11ClN2O2. The lowest BCUT2D eigenvalue weighted by Gasteiger charge is -2.13. The lowest BCUT2D eigenvalue weighted by molar-refractivity contribution is 0.0696. The maximum absolute atomic E-state index is 11.2. The zero-order valence-corrected chi connectivity index (χ0v) is 11.7. The second-order valence-corrected chi connectivity index (χ2v) is 4.69. The Morgan fingerprint density at radius 1 is 1.24 bits per heavy atom. The molecule has 104 valence electrons. The van der Waals surface area contributed by atoms with E-state index in [1.807, 2.05) is 6.07 Å². The highest BCUT2D eigenvalue weighted by Gasteiger charge is 2.12. The Balaban J connectivity index is 2.36. The smallest absolute Gasteiger partial charge is 0.336 e. The van der Waals surface area contributed by atoms with Crippen molar-refractivity contribution in [3.8, 4) is 6.07 Å². The Kier molecular flexibility index (Phi) is 4.27. The monoisotopic (exact) mass is 298 g/mol. The van der Waals surface area contributed by atoms with Crippen molar-refractivity contribution >= 4 is 29.0 Å². The molecule has 0 atom stereocenters. The van der Waals surface area contributed by atoms with E-state index < -0.39 is 5.97 Å². The number of carboxylic acid groups (broad SMARTS) is 1.